The van der Waals surface area contributed by atoms with Crippen LogP contribution in [0.5, 0.6) is 0 Å². The van der Waals surface area contributed by atoms with Gasteiger partial charge in [0.05, 0.1) is 11.3 Å². The van der Waals surface area contributed by atoms with E-state index in [2.05, 4.69) is 23.3 Å². The summed E-state index contributed by atoms with van der Waals surface area (Å²) >= 11 is 0. The van der Waals surface area contributed by atoms with Gasteiger partial charge in [-0.25, -0.2) is 4.98 Å². The van der Waals surface area contributed by atoms with Gasteiger partial charge in [-0.3, -0.25) is 0 Å². The highest BCUT2D eigenvalue weighted by Gasteiger charge is 2.23. The second kappa shape index (κ2) is 5.05. The van der Waals surface area contributed by atoms with Gasteiger partial charge in [0.25, 0.3) is 0 Å². The van der Waals surface area contributed by atoms with Gasteiger partial charge in [0.2, 0.25) is 0 Å². The Morgan fingerprint density at radius 1 is 1.59 bits per heavy atom. The van der Waals surface area contributed by atoms with Gasteiger partial charge < -0.3 is 11.1 Å². The van der Waals surface area contributed by atoms with Gasteiger partial charge in [0.15, 0.2) is 5.82 Å². The molecular weight excluding hydrogens is 212 g/mol. The number of aromatic nitrogens is 1. The summed E-state index contributed by atoms with van der Waals surface area (Å²) in [6.45, 7) is 3.19. The number of hydrogen-bond donors (Lipinski definition) is 2. The van der Waals surface area contributed by atoms with E-state index in [1.165, 1.54) is 19.3 Å². The maximum absolute atomic E-state index is 8.88. The van der Waals surface area contributed by atoms with Crippen LogP contribution in [-0.2, 0) is 0 Å². The predicted octanol–water partition coefficient (Wildman–Crippen LogP) is 2.38. The van der Waals surface area contributed by atoms with Crippen molar-refractivity contribution in [2.24, 2.45) is 11.8 Å². The summed E-state index contributed by atoms with van der Waals surface area (Å²) in [6, 6.07) is 3.70. The highest BCUT2D eigenvalue weighted by Crippen LogP contribution is 2.31. The van der Waals surface area contributed by atoms with Crippen LogP contribution in [-0.4, -0.2) is 11.5 Å². The summed E-state index contributed by atoms with van der Waals surface area (Å²) in [7, 11) is 0. The number of rotatable bonds is 3. The van der Waals surface area contributed by atoms with Gasteiger partial charge in [-0.1, -0.05) is 19.8 Å². The fourth-order valence-electron chi connectivity index (χ4n) is 2.46. The van der Waals surface area contributed by atoms with Crippen molar-refractivity contribution in [1.82, 2.24) is 4.98 Å². The molecule has 1 aromatic rings. The Balaban J connectivity index is 2.02. The lowest BCUT2D eigenvalue weighted by molar-refractivity contribution is 0.439. The third kappa shape index (κ3) is 2.50. The smallest absolute Gasteiger partial charge is 0.150 e. The van der Waals surface area contributed by atoms with Crippen LogP contribution in [0.3, 0.4) is 0 Å². The topological polar surface area (TPSA) is 74.7 Å². The molecule has 2 atom stereocenters. The third-order valence-electron chi connectivity index (χ3n) is 3.68. The van der Waals surface area contributed by atoms with Crippen LogP contribution in [0, 0.1) is 23.2 Å². The van der Waals surface area contributed by atoms with Crippen LogP contribution in [0.25, 0.3) is 0 Å². The quantitative estimate of drug-likeness (QED) is 0.836. The van der Waals surface area contributed by atoms with Crippen LogP contribution in [0.4, 0.5) is 11.5 Å². The zero-order valence-electron chi connectivity index (χ0n) is 10.1. The predicted molar refractivity (Wildman–Crippen MR) is 68.4 cm³/mol. The van der Waals surface area contributed by atoms with Crippen LogP contribution >= 0.6 is 0 Å². The van der Waals surface area contributed by atoms with Crippen molar-refractivity contribution < 1.29 is 0 Å². The van der Waals surface area contributed by atoms with E-state index in [9.17, 15) is 0 Å². The van der Waals surface area contributed by atoms with E-state index in [1.54, 1.807) is 12.3 Å². The van der Waals surface area contributed by atoms with Gasteiger partial charge >= 0.3 is 0 Å². The van der Waals surface area contributed by atoms with Gasteiger partial charge in [-0.2, -0.15) is 5.26 Å². The number of hydrogen-bond acceptors (Lipinski definition) is 4. The van der Waals surface area contributed by atoms with Crippen molar-refractivity contribution >= 4 is 11.5 Å². The molecule has 1 aromatic heterocycles. The highest BCUT2D eigenvalue weighted by molar-refractivity contribution is 5.68. The van der Waals surface area contributed by atoms with Crippen molar-refractivity contribution in [2.45, 2.75) is 26.2 Å². The first-order chi connectivity index (χ1) is 8.22. The molecule has 4 heteroatoms. The molecule has 1 aliphatic carbocycles. The SMILES string of the molecule is CC1CCCC1CNc1nccc(C#N)c1N. The molecule has 0 bridgehead atoms. The van der Waals surface area contributed by atoms with E-state index in [0.29, 0.717) is 23.0 Å². The largest absolute Gasteiger partial charge is 0.395 e. The average Bonchev–Trinajstić information content (AvgIpc) is 2.74. The summed E-state index contributed by atoms with van der Waals surface area (Å²) in [4.78, 5) is 4.19. The molecule has 2 unspecified atom stereocenters. The Bertz CT molecular complexity index is 436. The Morgan fingerprint density at radius 2 is 2.41 bits per heavy atom. The van der Waals surface area contributed by atoms with E-state index in [0.717, 1.165) is 12.5 Å². The third-order valence-corrected chi connectivity index (χ3v) is 3.68. The number of anilines is 2. The minimum absolute atomic E-state index is 0.459. The molecule has 17 heavy (non-hydrogen) atoms. The van der Waals surface area contributed by atoms with Crippen molar-refractivity contribution in [3.05, 3.63) is 17.8 Å². The van der Waals surface area contributed by atoms with Crippen molar-refractivity contribution in [2.75, 3.05) is 17.6 Å². The highest BCUT2D eigenvalue weighted by atomic mass is 15.0. The lowest BCUT2D eigenvalue weighted by atomic mass is 9.98. The number of nitrogens with zero attached hydrogens (tertiary/aromatic N) is 2. The molecule has 1 saturated carbocycles. The molecule has 90 valence electrons. The van der Waals surface area contributed by atoms with Crippen molar-refractivity contribution in [3.63, 3.8) is 0 Å². The molecule has 1 aliphatic rings. The number of nitrogens with one attached hydrogen (secondary N) is 1. The van der Waals surface area contributed by atoms with Crippen molar-refractivity contribution in [1.29, 1.82) is 5.26 Å². The molecule has 1 heterocycles. The van der Waals surface area contributed by atoms with Crippen LogP contribution in [0.15, 0.2) is 12.3 Å². The fourth-order valence-corrected chi connectivity index (χ4v) is 2.46. The Hall–Kier alpha value is -1.76. The number of nitrogen functional groups attached to an aromatic ring is 1. The maximum atomic E-state index is 8.88. The Labute approximate surface area is 102 Å². The van der Waals surface area contributed by atoms with Gasteiger partial charge in [0, 0.05) is 12.7 Å². The number of nitriles is 1. The molecule has 2 rings (SSSR count). The minimum Gasteiger partial charge on any atom is -0.395 e. The first kappa shape index (κ1) is 11.7. The first-order valence-electron chi connectivity index (χ1n) is 6.11. The zero-order chi connectivity index (χ0) is 12.3. The van der Waals surface area contributed by atoms with E-state index >= 15 is 0 Å². The van der Waals surface area contributed by atoms with Crippen molar-refractivity contribution in [3.8, 4) is 6.07 Å². The standard InChI is InChI=1S/C13H18N4/c1-9-3-2-4-11(9)8-17-13-12(15)10(7-14)5-6-16-13/h5-6,9,11H,2-4,8,15H2,1H3,(H,16,17). The van der Waals surface area contributed by atoms with Crippen LogP contribution in [0.2, 0.25) is 0 Å². The minimum atomic E-state index is 0.459. The molecule has 1 fully saturated rings. The van der Waals surface area contributed by atoms with E-state index < -0.39 is 0 Å². The molecule has 4 nitrogen and oxygen atoms in total. The number of nitrogens with two attached hydrogens (primary N) is 1. The number of pyridine rings is 1. The molecule has 0 aromatic carbocycles. The first-order valence-corrected chi connectivity index (χ1v) is 6.11. The summed E-state index contributed by atoms with van der Waals surface area (Å²) in [6.07, 6.45) is 5.52. The lowest BCUT2D eigenvalue weighted by Gasteiger charge is -2.17. The summed E-state index contributed by atoms with van der Waals surface area (Å²) in [5, 5.41) is 12.2. The monoisotopic (exact) mass is 230 g/mol. The molecule has 3 N–H and O–H groups in total. The molecule has 0 saturated heterocycles. The molecular formula is C13H18N4. The van der Waals surface area contributed by atoms with Crippen LogP contribution in [0.1, 0.15) is 31.7 Å². The fraction of sp³-hybridized carbons (Fsp3) is 0.538. The maximum Gasteiger partial charge on any atom is 0.150 e. The zero-order valence-corrected chi connectivity index (χ0v) is 10.1. The summed E-state index contributed by atoms with van der Waals surface area (Å²) < 4.78 is 0. The normalized spacial score (nSPS) is 23.3. The summed E-state index contributed by atoms with van der Waals surface area (Å²) in [5.41, 5.74) is 6.81. The molecule has 0 amide bonds. The molecule has 0 radical (unpaired) electrons. The van der Waals surface area contributed by atoms with E-state index in [4.69, 9.17) is 11.0 Å². The molecule has 0 aliphatic heterocycles. The summed E-state index contributed by atoms with van der Waals surface area (Å²) in [5.74, 6) is 2.10. The lowest BCUT2D eigenvalue weighted by Crippen LogP contribution is -2.18. The van der Waals surface area contributed by atoms with Crippen LogP contribution < -0.4 is 11.1 Å². The Kier molecular flexibility index (Phi) is 3.48. The Morgan fingerprint density at radius 3 is 3.06 bits per heavy atom. The van der Waals surface area contributed by atoms with Gasteiger partial charge in [0.1, 0.15) is 6.07 Å². The van der Waals surface area contributed by atoms with E-state index in [1.807, 2.05) is 0 Å². The van der Waals surface area contributed by atoms with Gasteiger partial charge in [-0.05, 0) is 24.3 Å². The second-order valence-electron chi connectivity index (χ2n) is 4.78. The van der Waals surface area contributed by atoms with Gasteiger partial charge in [-0.15, -0.1) is 0 Å². The second-order valence-corrected chi connectivity index (χ2v) is 4.78. The average molecular weight is 230 g/mol. The van der Waals surface area contributed by atoms with E-state index in [-0.39, 0.29) is 0 Å². The molecule has 0 spiro atoms.